The van der Waals surface area contributed by atoms with Crippen LogP contribution in [0, 0.1) is 11.6 Å². The third-order valence-corrected chi connectivity index (χ3v) is 2.01. The van der Waals surface area contributed by atoms with Crippen molar-refractivity contribution in [1.82, 2.24) is 5.32 Å². The van der Waals surface area contributed by atoms with Crippen molar-refractivity contribution in [3.8, 4) is 5.75 Å². The van der Waals surface area contributed by atoms with E-state index in [-0.39, 0.29) is 6.61 Å². The molecule has 1 aromatic rings. The molecule has 0 bridgehead atoms. The van der Waals surface area contributed by atoms with Crippen molar-refractivity contribution in [2.45, 2.75) is 26.0 Å². The number of ether oxygens (including phenoxy) is 1. The van der Waals surface area contributed by atoms with Gasteiger partial charge in [0.25, 0.3) is 0 Å². The molecule has 5 heteroatoms. The Kier molecular flexibility index (Phi) is 4.42. The molecular formula is C12H17F2NO2. The number of halogens is 2. The maximum atomic E-state index is 13.5. The van der Waals surface area contributed by atoms with E-state index in [4.69, 9.17) is 4.74 Å². The number of hydrogen-bond donors (Lipinski definition) is 2. The fraction of sp³-hybridized carbons (Fsp3) is 0.500. The molecule has 0 amide bonds. The van der Waals surface area contributed by atoms with E-state index in [2.05, 4.69) is 5.32 Å². The van der Waals surface area contributed by atoms with Crippen LogP contribution in [-0.4, -0.2) is 24.4 Å². The van der Waals surface area contributed by atoms with Gasteiger partial charge in [0.05, 0.1) is 5.60 Å². The average molecular weight is 245 g/mol. The Balaban J connectivity index is 2.86. The lowest BCUT2D eigenvalue weighted by molar-refractivity contribution is 0.0257. The van der Waals surface area contributed by atoms with Gasteiger partial charge in [-0.05, 0) is 38.6 Å². The van der Waals surface area contributed by atoms with Crippen LogP contribution in [0.15, 0.2) is 12.1 Å². The van der Waals surface area contributed by atoms with Crippen LogP contribution in [0.2, 0.25) is 0 Å². The first-order chi connectivity index (χ1) is 7.83. The zero-order valence-electron chi connectivity index (χ0n) is 10.2. The van der Waals surface area contributed by atoms with Crippen molar-refractivity contribution in [3.05, 3.63) is 29.3 Å². The molecule has 0 saturated carbocycles. The second-order valence-electron chi connectivity index (χ2n) is 4.52. The van der Waals surface area contributed by atoms with Gasteiger partial charge in [-0.3, -0.25) is 0 Å². The highest BCUT2D eigenvalue weighted by atomic mass is 19.1. The molecule has 0 aromatic heterocycles. The van der Waals surface area contributed by atoms with Crippen LogP contribution in [0.25, 0.3) is 0 Å². The van der Waals surface area contributed by atoms with E-state index in [0.29, 0.717) is 12.1 Å². The monoisotopic (exact) mass is 245 g/mol. The average Bonchev–Trinajstić information content (AvgIpc) is 2.14. The summed E-state index contributed by atoms with van der Waals surface area (Å²) >= 11 is 0. The second kappa shape index (κ2) is 5.42. The van der Waals surface area contributed by atoms with Crippen molar-refractivity contribution < 1.29 is 18.6 Å². The minimum absolute atomic E-state index is 0.174. The van der Waals surface area contributed by atoms with Crippen LogP contribution < -0.4 is 10.1 Å². The van der Waals surface area contributed by atoms with E-state index in [9.17, 15) is 13.9 Å². The van der Waals surface area contributed by atoms with Crippen molar-refractivity contribution in [3.63, 3.8) is 0 Å². The Morgan fingerprint density at radius 1 is 1.29 bits per heavy atom. The van der Waals surface area contributed by atoms with Crippen LogP contribution in [-0.2, 0) is 6.54 Å². The summed E-state index contributed by atoms with van der Waals surface area (Å²) < 4.78 is 32.0. The molecule has 2 N–H and O–H groups in total. The zero-order valence-corrected chi connectivity index (χ0v) is 10.2. The Bertz CT molecular complexity index is 366. The van der Waals surface area contributed by atoms with Crippen molar-refractivity contribution in [2.75, 3.05) is 13.7 Å². The van der Waals surface area contributed by atoms with Crippen LogP contribution in [0.1, 0.15) is 19.4 Å². The van der Waals surface area contributed by atoms with E-state index < -0.39 is 23.0 Å². The quantitative estimate of drug-likeness (QED) is 0.831. The van der Waals surface area contributed by atoms with E-state index in [1.54, 1.807) is 7.05 Å². The molecule has 0 aliphatic heterocycles. The molecular weight excluding hydrogens is 228 g/mol. The van der Waals surface area contributed by atoms with E-state index in [1.807, 2.05) is 0 Å². The summed E-state index contributed by atoms with van der Waals surface area (Å²) in [7, 11) is 1.69. The van der Waals surface area contributed by atoms with Gasteiger partial charge in [0, 0.05) is 6.54 Å². The molecule has 3 nitrogen and oxygen atoms in total. The van der Waals surface area contributed by atoms with Crippen LogP contribution in [0.5, 0.6) is 5.75 Å². The summed E-state index contributed by atoms with van der Waals surface area (Å²) in [5, 5.41) is 12.2. The molecule has 0 unspecified atom stereocenters. The predicted octanol–water partition coefficient (Wildman–Crippen LogP) is 1.83. The standard InChI is InChI=1S/C12H17F2NO2/c1-12(2,16)7-17-11-9(13)4-8(6-15-3)5-10(11)14/h4-5,15-16H,6-7H2,1-3H3. The van der Waals surface area contributed by atoms with Crippen LogP contribution >= 0.6 is 0 Å². The molecule has 1 aromatic carbocycles. The highest BCUT2D eigenvalue weighted by Gasteiger charge is 2.18. The van der Waals surface area contributed by atoms with Gasteiger partial charge in [-0.25, -0.2) is 8.78 Å². The zero-order chi connectivity index (χ0) is 13.1. The lowest BCUT2D eigenvalue weighted by Crippen LogP contribution is -2.28. The lowest BCUT2D eigenvalue weighted by atomic mass is 10.1. The molecule has 1 rings (SSSR count). The number of hydrogen-bond acceptors (Lipinski definition) is 3. The third kappa shape index (κ3) is 4.28. The van der Waals surface area contributed by atoms with Gasteiger partial charge in [0.1, 0.15) is 6.61 Å². The molecule has 0 atom stereocenters. The molecule has 0 saturated heterocycles. The summed E-state index contributed by atoms with van der Waals surface area (Å²) in [6.07, 6.45) is 0. The molecule has 96 valence electrons. The van der Waals surface area contributed by atoms with Crippen LogP contribution in [0.4, 0.5) is 8.78 Å². The highest BCUT2D eigenvalue weighted by Crippen LogP contribution is 2.24. The van der Waals surface area contributed by atoms with E-state index in [1.165, 1.54) is 26.0 Å². The molecule has 0 heterocycles. The number of benzene rings is 1. The second-order valence-corrected chi connectivity index (χ2v) is 4.52. The largest absolute Gasteiger partial charge is 0.485 e. The maximum Gasteiger partial charge on any atom is 0.190 e. The maximum absolute atomic E-state index is 13.5. The number of aliphatic hydroxyl groups is 1. The molecule has 0 aliphatic carbocycles. The van der Waals surface area contributed by atoms with Crippen LogP contribution in [0.3, 0.4) is 0 Å². The van der Waals surface area contributed by atoms with E-state index in [0.717, 1.165) is 0 Å². The van der Waals surface area contributed by atoms with Gasteiger partial charge < -0.3 is 15.2 Å². The van der Waals surface area contributed by atoms with Gasteiger partial charge in [-0.15, -0.1) is 0 Å². The lowest BCUT2D eigenvalue weighted by Gasteiger charge is -2.18. The van der Waals surface area contributed by atoms with E-state index >= 15 is 0 Å². The Hall–Kier alpha value is -1.20. The SMILES string of the molecule is CNCc1cc(F)c(OCC(C)(C)O)c(F)c1. The summed E-state index contributed by atoms with van der Waals surface area (Å²) in [4.78, 5) is 0. The number of rotatable bonds is 5. The summed E-state index contributed by atoms with van der Waals surface area (Å²) in [6.45, 7) is 3.20. The van der Waals surface area contributed by atoms with Gasteiger partial charge in [-0.1, -0.05) is 0 Å². The first kappa shape index (κ1) is 13.9. The van der Waals surface area contributed by atoms with Crippen molar-refractivity contribution >= 4 is 0 Å². The number of nitrogens with one attached hydrogen (secondary N) is 1. The Morgan fingerprint density at radius 3 is 2.24 bits per heavy atom. The minimum atomic E-state index is -1.14. The first-order valence-corrected chi connectivity index (χ1v) is 5.31. The topological polar surface area (TPSA) is 41.5 Å². The minimum Gasteiger partial charge on any atom is -0.485 e. The van der Waals surface area contributed by atoms with Crippen molar-refractivity contribution in [2.24, 2.45) is 0 Å². The normalized spacial score (nSPS) is 11.6. The molecule has 0 radical (unpaired) electrons. The Morgan fingerprint density at radius 2 is 1.82 bits per heavy atom. The fourth-order valence-electron chi connectivity index (χ4n) is 1.31. The third-order valence-electron chi connectivity index (χ3n) is 2.01. The first-order valence-electron chi connectivity index (χ1n) is 5.31. The summed E-state index contributed by atoms with van der Waals surface area (Å²) in [6, 6.07) is 2.42. The van der Waals surface area contributed by atoms with Gasteiger partial charge >= 0.3 is 0 Å². The highest BCUT2D eigenvalue weighted by molar-refractivity contribution is 5.31. The predicted molar refractivity (Wildman–Crippen MR) is 60.9 cm³/mol. The van der Waals surface area contributed by atoms with Gasteiger partial charge in [-0.2, -0.15) is 0 Å². The fourth-order valence-corrected chi connectivity index (χ4v) is 1.31. The molecule has 0 fully saturated rings. The molecule has 0 spiro atoms. The smallest absolute Gasteiger partial charge is 0.190 e. The summed E-state index contributed by atoms with van der Waals surface area (Å²) in [5.41, 5.74) is -0.638. The van der Waals surface area contributed by atoms with Gasteiger partial charge in [0.2, 0.25) is 0 Å². The Labute approximate surface area is 99.4 Å². The molecule has 0 aliphatic rings. The van der Waals surface area contributed by atoms with Gasteiger partial charge in [0.15, 0.2) is 17.4 Å². The summed E-state index contributed by atoms with van der Waals surface area (Å²) in [5.74, 6) is -1.98. The van der Waals surface area contributed by atoms with Crippen molar-refractivity contribution in [1.29, 1.82) is 0 Å². The molecule has 17 heavy (non-hydrogen) atoms.